The molecule has 19 heavy (non-hydrogen) atoms. The van der Waals surface area contributed by atoms with Crippen molar-refractivity contribution in [3.63, 3.8) is 0 Å². The smallest absolute Gasteiger partial charge is 0.167 e. The van der Waals surface area contributed by atoms with E-state index in [0.29, 0.717) is 17.3 Å². The van der Waals surface area contributed by atoms with Gasteiger partial charge in [0.25, 0.3) is 0 Å². The van der Waals surface area contributed by atoms with Crippen LogP contribution in [0, 0.1) is 5.82 Å². The average molecular weight is 280 g/mol. The highest BCUT2D eigenvalue weighted by molar-refractivity contribution is 6.30. The average Bonchev–Trinajstić information content (AvgIpc) is 2.42. The molecule has 0 aliphatic rings. The van der Waals surface area contributed by atoms with Crippen LogP contribution >= 0.6 is 11.6 Å². The van der Waals surface area contributed by atoms with E-state index >= 15 is 0 Å². The zero-order valence-electron chi connectivity index (χ0n) is 10.6. The Balaban J connectivity index is 2.25. The third-order valence-corrected chi connectivity index (χ3v) is 2.90. The van der Waals surface area contributed by atoms with Crippen LogP contribution in [0.4, 0.5) is 4.39 Å². The minimum Gasteiger partial charge on any atom is -0.454 e. The fourth-order valence-corrected chi connectivity index (χ4v) is 1.81. The van der Waals surface area contributed by atoms with Gasteiger partial charge in [-0.1, -0.05) is 30.7 Å². The topological polar surface area (TPSA) is 21.3 Å². The van der Waals surface area contributed by atoms with E-state index in [-0.39, 0.29) is 11.6 Å². The summed E-state index contributed by atoms with van der Waals surface area (Å²) in [5, 5.41) is 3.78. The van der Waals surface area contributed by atoms with Crippen molar-refractivity contribution in [1.82, 2.24) is 5.32 Å². The Hall–Kier alpha value is -1.58. The van der Waals surface area contributed by atoms with E-state index in [9.17, 15) is 4.39 Å². The highest BCUT2D eigenvalue weighted by atomic mass is 35.5. The van der Waals surface area contributed by atoms with Gasteiger partial charge >= 0.3 is 0 Å². The molecule has 0 aliphatic carbocycles. The third kappa shape index (κ3) is 3.69. The largest absolute Gasteiger partial charge is 0.454 e. The number of hydrogen-bond acceptors (Lipinski definition) is 2. The van der Waals surface area contributed by atoms with Crippen molar-refractivity contribution in [1.29, 1.82) is 0 Å². The lowest BCUT2D eigenvalue weighted by molar-refractivity contribution is 0.434. The zero-order valence-corrected chi connectivity index (χ0v) is 11.4. The molecule has 100 valence electrons. The molecule has 2 aromatic rings. The van der Waals surface area contributed by atoms with Crippen molar-refractivity contribution >= 4 is 11.6 Å². The second-order valence-corrected chi connectivity index (χ2v) is 4.50. The molecule has 4 heteroatoms. The van der Waals surface area contributed by atoms with E-state index in [1.807, 2.05) is 13.0 Å². The molecule has 2 aromatic carbocycles. The predicted molar refractivity (Wildman–Crippen MR) is 75.3 cm³/mol. The Labute approximate surface area is 117 Å². The van der Waals surface area contributed by atoms with Gasteiger partial charge in [-0.2, -0.15) is 0 Å². The number of rotatable bonds is 5. The van der Waals surface area contributed by atoms with Crippen LogP contribution in [0.1, 0.15) is 12.5 Å². The first kappa shape index (κ1) is 13.8. The standard InChI is InChI=1S/C15H15ClFNO/c1-2-18-10-11-4-3-5-14(17)15(11)19-13-8-6-12(16)7-9-13/h3-9,18H,2,10H2,1H3. The van der Waals surface area contributed by atoms with Crippen molar-refractivity contribution in [3.05, 3.63) is 58.9 Å². The summed E-state index contributed by atoms with van der Waals surface area (Å²) in [5.74, 6) is 0.448. The minimum absolute atomic E-state index is 0.255. The van der Waals surface area contributed by atoms with Gasteiger partial charge in [0.05, 0.1) is 0 Å². The van der Waals surface area contributed by atoms with Crippen molar-refractivity contribution in [2.75, 3.05) is 6.54 Å². The van der Waals surface area contributed by atoms with Crippen LogP contribution < -0.4 is 10.1 Å². The van der Waals surface area contributed by atoms with Crippen molar-refractivity contribution in [2.24, 2.45) is 0 Å². The molecular formula is C15H15ClFNO. The molecule has 0 radical (unpaired) electrons. The molecular weight excluding hydrogens is 265 g/mol. The summed E-state index contributed by atoms with van der Waals surface area (Å²) in [7, 11) is 0. The maximum absolute atomic E-state index is 13.9. The summed E-state index contributed by atoms with van der Waals surface area (Å²) in [4.78, 5) is 0. The van der Waals surface area contributed by atoms with Gasteiger partial charge in [-0.25, -0.2) is 4.39 Å². The first-order chi connectivity index (χ1) is 9.20. The highest BCUT2D eigenvalue weighted by Crippen LogP contribution is 2.29. The Kier molecular flexibility index (Phi) is 4.77. The van der Waals surface area contributed by atoms with Crippen LogP contribution in [-0.2, 0) is 6.54 Å². The molecule has 2 rings (SSSR count). The molecule has 0 saturated heterocycles. The van der Waals surface area contributed by atoms with Crippen LogP contribution in [0.5, 0.6) is 11.5 Å². The molecule has 0 unspecified atom stereocenters. The number of halogens is 2. The van der Waals surface area contributed by atoms with Crippen molar-refractivity contribution < 1.29 is 9.13 Å². The monoisotopic (exact) mass is 279 g/mol. The lowest BCUT2D eigenvalue weighted by Crippen LogP contribution is -2.12. The van der Waals surface area contributed by atoms with Crippen molar-refractivity contribution in [3.8, 4) is 11.5 Å². The fraction of sp³-hybridized carbons (Fsp3) is 0.200. The summed E-state index contributed by atoms with van der Waals surface area (Å²) in [6, 6.07) is 11.8. The fourth-order valence-electron chi connectivity index (χ4n) is 1.69. The van der Waals surface area contributed by atoms with Crippen LogP contribution in [-0.4, -0.2) is 6.54 Å². The Bertz CT molecular complexity index is 542. The van der Waals surface area contributed by atoms with Gasteiger partial charge in [0.15, 0.2) is 11.6 Å². The highest BCUT2D eigenvalue weighted by Gasteiger charge is 2.10. The second-order valence-electron chi connectivity index (χ2n) is 4.06. The van der Waals surface area contributed by atoms with Gasteiger partial charge in [0.1, 0.15) is 5.75 Å². The Morgan fingerprint density at radius 1 is 1.16 bits per heavy atom. The molecule has 0 fully saturated rings. The lowest BCUT2D eigenvalue weighted by Gasteiger charge is -2.12. The van der Waals surface area contributed by atoms with E-state index in [2.05, 4.69) is 5.32 Å². The van der Waals surface area contributed by atoms with Crippen molar-refractivity contribution in [2.45, 2.75) is 13.5 Å². The number of para-hydroxylation sites is 1. The summed E-state index contributed by atoms with van der Waals surface area (Å²) >= 11 is 5.81. The van der Waals surface area contributed by atoms with Gasteiger partial charge in [-0.3, -0.25) is 0 Å². The van der Waals surface area contributed by atoms with E-state index in [1.165, 1.54) is 6.07 Å². The quantitative estimate of drug-likeness (QED) is 0.877. The molecule has 0 amide bonds. The SMILES string of the molecule is CCNCc1cccc(F)c1Oc1ccc(Cl)cc1. The summed E-state index contributed by atoms with van der Waals surface area (Å²) in [6.45, 7) is 3.38. The predicted octanol–water partition coefficient (Wildman–Crippen LogP) is 4.38. The van der Waals surface area contributed by atoms with Crippen LogP contribution in [0.2, 0.25) is 5.02 Å². The molecule has 2 nitrogen and oxygen atoms in total. The number of hydrogen-bond donors (Lipinski definition) is 1. The van der Waals surface area contributed by atoms with Crippen LogP contribution in [0.3, 0.4) is 0 Å². The van der Waals surface area contributed by atoms with E-state index in [1.54, 1.807) is 30.3 Å². The maximum Gasteiger partial charge on any atom is 0.167 e. The molecule has 0 heterocycles. The van der Waals surface area contributed by atoms with Gasteiger partial charge in [-0.05, 0) is 36.9 Å². The van der Waals surface area contributed by atoms with Gasteiger partial charge < -0.3 is 10.1 Å². The number of nitrogens with one attached hydrogen (secondary N) is 1. The minimum atomic E-state index is -0.370. The summed E-state index contributed by atoms with van der Waals surface area (Å²) in [6.07, 6.45) is 0. The van der Waals surface area contributed by atoms with E-state index in [4.69, 9.17) is 16.3 Å². The zero-order chi connectivity index (χ0) is 13.7. The first-order valence-electron chi connectivity index (χ1n) is 6.12. The Morgan fingerprint density at radius 2 is 1.89 bits per heavy atom. The lowest BCUT2D eigenvalue weighted by atomic mass is 10.2. The van der Waals surface area contributed by atoms with Gasteiger partial charge in [0.2, 0.25) is 0 Å². The number of benzene rings is 2. The maximum atomic E-state index is 13.9. The molecule has 0 spiro atoms. The molecule has 0 bridgehead atoms. The number of ether oxygens (including phenoxy) is 1. The summed E-state index contributed by atoms with van der Waals surface area (Å²) in [5.41, 5.74) is 0.789. The van der Waals surface area contributed by atoms with Crippen LogP contribution in [0.15, 0.2) is 42.5 Å². The molecule has 0 atom stereocenters. The first-order valence-corrected chi connectivity index (χ1v) is 6.50. The van der Waals surface area contributed by atoms with E-state index in [0.717, 1.165) is 12.1 Å². The molecule has 0 saturated carbocycles. The normalized spacial score (nSPS) is 10.5. The van der Waals surface area contributed by atoms with Crippen LogP contribution in [0.25, 0.3) is 0 Å². The van der Waals surface area contributed by atoms with E-state index < -0.39 is 0 Å². The second kappa shape index (κ2) is 6.55. The van der Waals surface area contributed by atoms with Gasteiger partial charge in [0, 0.05) is 17.1 Å². The summed E-state index contributed by atoms with van der Waals surface area (Å²) < 4.78 is 19.5. The molecule has 0 aromatic heterocycles. The van der Waals surface area contributed by atoms with Gasteiger partial charge in [-0.15, -0.1) is 0 Å². The molecule has 1 N–H and O–H groups in total. The third-order valence-electron chi connectivity index (χ3n) is 2.65. The molecule has 0 aliphatic heterocycles. The Morgan fingerprint density at radius 3 is 2.58 bits per heavy atom.